The molecule has 0 spiro atoms. The molecule has 3 heterocycles. The smallest absolute Gasteiger partial charge is 0.195 e. The lowest BCUT2D eigenvalue weighted by atomic mass is 10.0. The maximum absolute atomic E-state index is 11.8. The Morgan fingerprint density at radius 2 is 2.09 bits per heavy atom. The number of carbonyl (C=O) groups excluding carboxylic acids is 1. The molecule has 4 nitrogen and oxygen atoms in total. The molecule has 0 bridgehead atoms. The van der Waals surface area contributed by atoms with E-state index in [0.717, 1.165) is 28.3 Å². The average Bonchev–Trinajstić information content (AvgIpc) is 3.24. The minimum absolute atomic E-state index is 0.552. The Morgan fingerprint density at radius 3 is 2.78 bits per heavy atom. The summed E-state index contributed by atoms with van der Waals surface area (Å²) in [6.07, 6.45) is 2.49. The van der Waals surface area contributed by atoms with Crippen molar-refractivity contribution in [1.82, 2.24) is 9.38 Å². The molecule has 5 heteroatoms. The van der Waals surface area contributed by atoms with E-state index in [-0.39, 0.29) is 0 Å². The molecule has 4 aromatic rings. The predicted molar refractivity (Wildman–Crippen MR) is 91.1 cm³/mol. The second kappa shape index (κ2) is 5.21. The standard InChI is InChI=1S/C18H14N2O2S/c1-11-5-6-13(8-12(11)2)17-14(9-21)20-15(10-23-18(20)19-17)16-4-3-7-22-16/h3-10H,1-2H3. The first kappa shape index (κ1) is 14.0. The molecule has 1 aromatic carbocycles. The second-order valence-corrected chi connectivity index (χ2v) is 6.32. The molecule has 0 aliphatic heterocycles. The van der Waals surface area contributed by atoms with Crippen LogP contribution >= 0.6 is 11.3 Å². The van der Waals surface area contributed by atoms with Crippen molar-refractivity contribution in [1.29, 1.82) is 0 Å². The Morgan fingerprint density at radius 1 is 1.22 bits per heavy atom. The second-order valence-electron chi connectivity index (χ2n) is 5.48. The topological polar surface area (TPSA) is 47.5 Å². The minimum atomic E-state index is 0.552. The van der Waals surface area contributed by atoms with Crippen LogP contribution in [0.2, 0.25) is 0 Å². The Bertz CT molecular complexity index is 1010. The molecule has 4 rings (SSSR count). The van der Waals surface area contributed by atoms with Crippen LogP contribution in [0.1, 0.15) is 21.6 Å². The van der Waals surface area contributed by atoms with Crippen molar-refractivity contribution in [3.63, 3.8) is 0 Å². The molecule has 0 radical (unpaired) electrons. The average molecular weight is 322 g/mol. The van der Waals surface area contributed by atoms with Crippen LogP contribution in [0, 0.1) is 13.8 Å². The highest BCUT2D eigenvalue weighted by atomic mass is 32.1. The van der Waals surface area contributed by atoms with Gasteiger partial charge in [-0.3, -0.25) is 9.20 Å². The number of furan rings is 1. The summed E-state index contributed by atoms with van der Waals surface area (Å²) < 4.78 is 7.34. The van der Waals surface area contributed by atoms with Gasteiger partial charge in [-0.25, -0.2) is 4.98 Å². The van der Waals surface area contributed by atoms with E-state index < -0.39 is 0 Å². The third-order valence-electron chi connectivity index (χ3n) is 4.06. The highest BCUT2D eigenvalue weighted by Crippen LogP contribution is 2.32. The van der Waals surface area contributed by atoms with Gasteiger partial charge in [0.1, 0.15) is 17.1 Å². The summed E-state index contributed by atoms with van der Waals surface area (Å²) in [5.74, 6) is 0.725. The van der Waals surface area contributed by atoms with E-state index in [2.05, 4.69) is 31.0 Å². The highest BCUT2D eigenvalue weighted by Gasteiger charge is 2.19. The summed E-state index contributed by atoms with van der Waals surface area (Å²) in [6.45, 7) is 4.13. The van der Waals surface area contributed by atoms with E-state index in [4.69, 9.17) is 4.42 Å². The van der Waals surface area contributed by atoms with Gasteiger partial charge in [0.05, 0.1) is 6.26 Å². The first-order valence-electron chi connectivity index (χ1n) is 7.25. The lowest BCUT2D eigenvalue weighted by molar-refractivity contribution is 0.111. The van der Waals surface area contributed by atoms with Gasteiger partial charge in [0.2, 0.25) is 0 Å². The number of thiazole rings is 1. The van der Waals surface area contributed by atoms with E-state index in [1.165, 1.54) is 22.5 Å². The Balaban J connectivity index is 1.98. The van der Waals surface area contributed by atoms with Gasteiger partial charge in [-0.1, -0.05) is 12.1 Å². The zero-order chi connectivity index (χ0) is 16.0. The van der Waals surface area contributed by atoms with Crippen LogP contribution in [-0.2, 0) is 0 Å². The predicted octanol–water partition coefficient (Wildman–Crippen LogP) is 4.75. The van der Waals surface area contributed by atoms with Crippen molar-refractivity contribution < 1.29 is 9.21 Å². The van der Waals surface area contributed by atoms with Gasteiger partial charge in [-0.2, -0.15) is 0 Å². The van der Waals surface area contributed by atoms with Crippen molar-refractivity contribution in [2.24, 2.45) is 0 Å². The number of rotatable bonds is 3. The minimum Gasteiger partial charge on any atom is -0.463 e. The van der Waals surface area contributed by atoms with Crippen LogP contribution in [0.3, 0.4) is 0 Å². The molecule has 0 amide bonds. The highest BCUT2D eigenvalue weighted by molar-refractivity contribution is 7.15. The number of aromatic nitrogens is 2. The van der Waals surface area contributed by atoms with Gasteiger partial charge < -0.3 is 4.42 Å². The van der Waals surface area contributed by atoms with Crippen LogP contribution in [0.15, 0.2) is 46.4 Å². The lowest BCUT2D eigenvalue weighted by Gasteiger charge is -2.04. The van der Waals surface area contributed by atoms with Gasteiger partial charge in [0.15, 0.2) is 17.0 Å². The van der Waals surface area contributed by atoms with Crippen molar-refractivity contribution in [2.45, 2.75) is 13.8 Å². The third-order valence-corrected chi connectivity index (χ3v) is 4.89. The summed E-state index contributed by atoms with van der Waals surface area (Å²) in [4.78, 5) is 17.2. The van der Waals surface area contributed by atoms with Crippen molar-refractivity contribution in [3.05, 3.63) is 58.8 Å². The molecule has 0 aliphatic carbocycles. The number of aryl methyl sites for hydroxylation is 2. The molecule has 23 heavy (non-hydrogen) atoms. The molecule has 0 N–H and O–H groups in total. The fourth-order valence-electron chi connectivity index (χ4n) is 2.69. The number of hydrogen-bond acceptors (Lipinski definition) is 4. The summed E-state index contributed by atoms with van der Waals surface area (Å²) in [5.41, 5.74) is 5.47. The van der Waals surface area contributed by atoms with Gasteiger partial charge in [-0.15, -0.1) is 11.3 Å². The summed E-state index contributed by atoms with van der Waals surface area (Å²) in [7, 11) is 0. The van der Waals surface area contributed by atoms with E-state index in [1.807, 2.05) is 28.0 Å². The summed E-state index contributed by atoms with van der Waals surface area (Å²) in [5, 5.41) is 1.96. The Hall–Kier alpha value is -2.66. The molecule has 3 aromatic heterocycles. The number of benzene rings is 1. The molecular weight excluding hydrogens is 308 g/mol. The number of imidazole rings is 1. The maximum atomic E-state index is 11.8. The molecule has 0 saturated carbocycles. The van der Waals surface area contributed by atoms with E-state index in [0.29, 0.717) is 11.4 Å². The molecule has 0 atom stereocenters. The normalized spacial score (nSPS) is 11.2. The number of fused-ring (bicyclic) bond motifs is 1. The van der Waals surface area contributed by atoms with Crippen LogP contribution in [0.25, 0.3) is 27.7 Å². The van der Waals surface area contributed by atoms with Gasteiger partial charge in [-0.05, 0) is 43.2 Å². The number of nitrogens with zero attached hydrogens (tertiary/aromatic N) is 2. The molecule has 114 valence electrons. The van der Waals surface area contributed by atoms with Gasteiger partial charge in [0, 0.05) is 10.9 Å². The van der Waals surface area contributed by atoms with E-state index in [1.54, 1.807) is 6.26 Å². The zero-order valence-electron chi connectivity index (χ0n) is 12.7. The fraction of sp³-hybridized carbons (Fsp3) is 0.111. The van der Waals surface area contributed by atoms with Crippen LogP contribution < -0.4 is 0 Å². The lowest BCUT2D eigenvalue weighted by Crippen LogP contribution is -1.94. The van der Waals surface area contributed by atoms with Crippen molar-refractivity contribution >= 4 is 22.6 Å². The third kappa shape index (κ3) is 2.12. The Labute approximate surface area is 137 Å². The van der Waals surface area contributed by atoms with E-state index in [9.17, 15) is 4.79 Å². The first-order valence-corrected chi connectivity index (χ1v) is 8.13. The van der Waals surface area contributed by atoms with Crippen LogP contribution in [0.4, 0.5) is 0 Å². The summed E-state index contributed by atoms with van der Waals surface area (Å²) in [6, 6.07) is 9.85. The molecule has 0 fully saturated rings. The largest absolute Gasteiger partial charge is 0.463 e. The molecular formula is C18H14N2O2S. The SMILES string of the molecule is Cc1ccc(-c2nc3scc(-c4ccco4)n3c2C=O)cc1C. The molecule has 0 aliphatic rings. The molecule has 0 unspecified atom stereocenters. The number of aldehydes is 1. The van der Waals surface area contributed by atoms with E-state index >= 15 is 0 Å². The Kier molecular flexibility index (Phi) is 3.16. The quantitative estimate of drug-likeness (QED) is 0.511. The first-order chi connectivity index (χ1) is 11.2. The van der Waals surface area contributed by atoms with Gasteiger partial charge >= 0.3 is 0 Å². The maximum Gasteiger partial charge on any atom is 0.195 e. The van der Waals surface area contributed by atoms with Crippen molar-refractivity contribution in [3.8, 4) is 22.7 Å². The van der Waals surface area contributed by atoms with Gasteiger partial charge in [0.25, 0.3) is 0 Å². The van der Waals surface area contributed by atoms with Crippen molar-refractivity contribution in [2.75, 3.05) is 0 Å². The van der Waals surface area contributed by atoms with Crippen LogP contribution in [0.5, 0.6) is 0 Å². The number of carbonyl (C=O) groups is 1. The zero-order valence-corrected chi connectivity index (χ0v) is 13.6. The fourth-order valence-corrected chi connectivity index (χ4v) is 3.57. The summed E-state index contributed by atoms with van der Waals surface area (Å²) >= 11 is 1.50. The monoisotopic (exact) mass is 322 g/mol. The van der Waals surface area contributed by atoms with Crippen LogP contribution in [-0.4, -0.2) is 15.7 Å². The number of hydrogen-bond donors (Lipinski definition) is 0. The molecule has 0 saturated heterocycles.